The molecule has 1 fully saturated rings. The number of carbonyl (C=O) groups is 2. The van der Waals surface area contributed by atoms with Crippen molar-refractivity contribution in [2.24, 2.45) is 0 Å². The number of hydrogen-bond donors (Lipinski definition) is 1. The number of ether oxygens (including phenoxy) is 1. The summed E-state index contributed by atoms with van der Waals surface area (Å²) in [5, 5.41) is 12.4. The van der Waals surface area contributed by atoms with Crippen molar-refractivity contribution in [2.45, 2.75) is 6.92 Å². The van der Waals surface area contributed by atoms with Gasteiger partial charge in [-0.3, -0.25) is 9.59 Å². The molecule has 0 radical (unpaired) electrons. The van der Waals surface area contributed by atoms with E-state index in [-0.39, 0.29) is 18.4 Å². The van der Waals surface area contributed by atoms with Gasteiger partial charge in [0.25, 0.3) is 5.91 Å². The lowest BCUT2D eigenvalue weighted by Crippen LogP contribution is -2.38. The fourth-order valence-electron chi connectivity index (χ4n) is 4.17. The molecule has 0 unspecified atom stereocenters. The first kappa shape index (κ1) is 24.0. The van der Waals surface area contributed by atoms with E-state index < -0.39 is 0 Å². The van der Waals surface area contributed by atoms with Gasteiger partial charge in [-0.1, -0.05) is 36.4 Å². The summed E-state index contributed by atoms with van der Waals surface area (Å²) in [6.45, 7) is 5.26. The van der Waals surface area contributed by atoms with Gasteiger partial charge >= 0.3 is 0 Å². The number of anilines is 2. The summed E-state index contributed by atoms with van der Waals surface area (Å²) in [6.07, 6.45) is 0. The molecule has 3 aromatic carbocycles. The molecule has 2 amide bonds. The molecule has 1 aliphatic rings. The highest BCUT2D eigenvalue weighted by molar-refractivity contribution is 6.04. The average molecular weight is 469 g/mol. The van der Waals surface area contributed by atoms with Crippen LogP contribution in [0.25, 0.3) is 11.1 Å². The van der Waals surface area contributed by atoms with Crippen LogP contribution in [0.3, 0.4) is 0 Å². The van der Waals surface area contributed by atoms with Gasteiger partial charge in [0.15, 0.2) is 0 Å². The maximum Gasteiger partial charge on any atom is 0.254 e. The Labute approximate surface area is 205 Å². The molecule has 0 atom stereocenters. The van der Waals surface area contributed by atoms with Crippen molar-refractivity contribution in [2.75, 3.05) is 49.6 Å². The predicted octanol–water partition coefficient (Wildman–Crippen LogP) is 4.16. The number of nitrogens with zero attached hydrogens (tertiary/aromatic N) is 3. The summed E-state index contributed by atoms with van der Waals surface area (Å²) >= 11 is 0. The Bertz CT molecular complexity index is 1230. The summed E-state index contributed by atoms with van der Waals surface area (Å²) < 4.78 is 5.40. The van der Waals surface area contributed by atoms with E-state index in [2.05, 4.69) is 16.3 Å². The number of likely N-dealkylation sites (N-methyl/N-ethyl adjacent to an activating group) is 1. The molecular weight excluding hydrogens is 440 g/mol. The molecule has 1 heterocycles. The van der Waals surface area contributed by atoms with Crippen molar-refractivity contribution in [1.29, 1.82) is 5.26 Å². The Kier molecular flexibility index (Phi) is 7.76. The Balaban J connectivity index is 1.46. The van der Waals surface area contributed by atoms with Crippen molar-refractivity contribution >= 4 is 23.2 Å². The number of nitrogens with one attached hydrogen (secondary N) is 1. The second-order valence-electron chi connectivity index (χ2n) is 8.22. The molecule has 3 aromatic rings. The van der Waals surface area contributed by atoms with Crippen LogP contribution in [0.5, 0.6) is 0 Å². The molecule has 1 aliphatic heterocycles. The molecule has 0 aliphatic carbocycles. The predicted molar refractivity (Wildman–Crippen MR) is 136 cm³/mol. The zero-order valence-electron chi connectivity index (χ0n) is 19.7. The lowest BCUT2D eigenvalue weighted by molar-refractivity contribution is -0.116. The van der Waals surface area contributed by atoms with E-state index in [1.165, 1.54) is 4.90 Å². The third-order valence-electron chi connectivity index (χ3n) is 6.03. The number of benzene rings is 3. The van der Waals surface area contributed by atoms with Crippen LogP contribution in [0.2, 0.25) is 0 Å². The molecular formula is C28H28N4O3. The standard InChI is InChI=1S/C28H28N4O3/c1-2-31(20-27(33)30-22-11-13-23(14-12-22)32-15-17-35-18-16-32)28(34)26-10-6-5-9-25(26)24-8-4-3-7-21(24)19-29/h3-14H,2,15-18,20H2,1H3,(H,30,33). The van der Waals surface area contributed by atoms with Crippen LogP contribution in [-0.4, -0.2) is 56.1 Å². The second kappa shape index (κ2) is 11.3. The quantitative estimate of drug-likeness (QED) is 0.563. The van der Waals surface area contributed by atoms with E-state index in [1.807, 2.05) is 55.5 Å². The number of rotatable bonds is 7. The number of amides is 2. The zero-order valence-corrected chi connectivity index (χ0v) is 19.7. The van der Waals surface area contributed by atoms with Crippen molar-refractivity contribution in [3.8, 4) is 17.2 Å². The van der Waals surface area contributed by atoms with Crippen LogP contribution in [0.4, 0.5) is 11.4 Å². The van der Waals surface area contributed by atoms with E-state index in [0.717, 1.165) is 18.8 Å². The number of morpholine rings is 1. The lowest BCUT2D eigenvalue weighted by Gasteiger charge is -2.29. The minimum absolute atomic E-state index is 0.0746. The van der Waals surface area contributed by atoms with Crippen molar-refractivity contribution in [1.82, 2.24) is 4.90 Å². The van der Waals surface area contributed by atoms with Crippen molar-refractivity contribution in [3.05, 3.63) is 83.9 Å². The van der Waals surface area contributed by atoms with Crippen LogP contribution in [0.15, 0.2) is 72.8 Å². The van der Waals surface area contributed by atoms with Crippen LogP contribution >= 0.6 is 0 Å². The molecule has 0 spiro atoms. The first-order valence-corrected chi connectivity index (χ1v) is 11.7. The SMILES string of the molecule is CCN(CC(=O)Nc1ccc(N2CCOCC2)cc1)C(=O)c1ccccc1-c1ccccc1C#N. The summed E-state index contributed by atoms with van der Waals surface area (Å²) in [6, 6.07) is 24.3. The molecule has 35 heavy (non-hydrogen) atoms. The fraction of sp³-hybridized carbons (Fsp3) is 0.250. The maximum atomic E-state index is 13.4. The van der Waals surface area contributed by atoms with Crippen LogP contribution < -0.4 is 10.2 Å². The lowest BCUT2D eigenvalue weighted by atomic mass is 9.95. The van der Waals surface area contributed by atoms with E-state index in [0.29, 0.717) is 47.7 Å². The summed E-state index contributed by atoms with van der Waals surface area (Å²) in [7, 11) is 0. The molecule has 7 heteroatoms. The smallest absolute Gasteiger partial charge is 0.254 e. The molecule has 1 saturated heterocycles. The first-order valence-electron chi connectivity index (χ1n) is 11.7. The van der Waals surface area contributed by atoms with E-state index in [1.54, 1.807) is 24.3 Å². The number of hydrogen-bond acceptors (Lipinski definition) is 5. The highest BCUT2D eigenvalue weighted by atomic mass is 16.5. The molecule has 0 bridgehead atoms. The highest BCUT2D eigenvalue weighted by Gasteiger charge is 2.21. The van der Waals surface area contributed by atoms with E-state index >= 15 is 0 Å². The van der Waals surface area contributed by atoms with Gasteiger partial charge in [-0.25, -0.2) is 0 Å². The third kappa shape index (κ3) is 5.68. The second-order valence-corrected chi connectivity index (χ2v) is 8.22. The normalized spacial score (nSPS) is 13.1. The zero-order chi connectivity index (χ0) is 24.6. The van der Waals surface area contributed by atoms with Gasteiger partial charge in [-0.2, -0.15) is 5.26 Å². The Hall–Kier alpha value is -4.15. The van der Waals surface area contributed by atoms with Gasteiger partial charge in [-0.15, -0.1) is 0 Å². The first-order chi connectivity index (χ1) is 17.1. The van der Waals surface area contributed by atoms with E-state index in [4.69, 9.17) is 4.74 Å². The molecule has 4 rings (SSSR count). The molecule has 0 aromatic heterocycles. The topological polar surface area (TPSA) is 85.7 Å². The number of carbonyl (C=O) groups excluding carboxylic acids is 2. The van der Waals surface area contributed by atoms with Gasteiger partial charge in [0.1, 0.15) is 6.54 Å². The number of nitriles is 1. The molecule has 0 saturated carbocycles. The van der Waals surface area contributed by atoms with E-state index in [9.17, 15) is 14.9 Å². The van der Waals surface area contributed by atoms with Crippen LogP contribution in [0, 0.1) is 11.3 Å². The monoisotopic (exact) mass is 468 g/mol. The molecule has 7 nitrogen and oxygen atoms in total. The van der Waals surface area contributed by atoms with Gasteiger partial charge in [0.05, 0.1) is 24.8 Å². The summed E-state index contributed by atoms with van der Waals surface area (Å²) in [5.41, 5.74) is 4.09. The van der Waals surface area contributed by atoms with Crippen molar-refractivity contribution in [3.63, 3.8) is 0 Å². The minimum atomic E-state index is -0.269. The Morgan fingerprint density at radius 1 is 0.971 bits per heavy atom. The highest BCUT2D eigenvalue weighted by Crippen LogP contribution is 2.28. The van der Waals surface area contributed by atoms with Gasteiger partial charge < -0.3 is 19.9 Å². The minimum Gasteiger partial charge on any atom is -0.378 e. The Morgan fingerprint density at radius 3 is 2.31 bits per heavy atom. The van der Waals surface area contributed by atoms with Crippen LogP contribution in [0.1, 0.15) is 22.8 Å². The van der Waals surface area contributed by atoms with Crippen LogP contribution in [-0.2, 0) is 9.53 Å². The van der Waals surface area contributed by atoms with Gasteiger partial charge in [0, 0.05) is 42.1 Å². The maximum absolute atomic E-state index is 13.4. The third-order valence-corrected chi connectivity index (χ3v) is 6.03. The average Bonchev–Trinajstić information content (AvgIpc) is 2.92. The molecule has 1 N–H and O–H groups in total. The van der Waals surface area contributed by atoms with Gasteiger partial charge in [0.2, 0.25) is 5.91 Å². The largest absolute Gasteiger partial charge is 0.378 e. The fourth-order valence-corrected chi connectivity index (χ4v) is 4.17. The molecule has 178 valence electrons. The van der Waals surface area contributed by atoms with Crippen molar-refractivity contribution < 1.29 is 14.3 Å². The summed E-state index contributed by atoms with van der Waals surface area (Å²) in [4.78, 5) is 30.0. The van der Waals surface area contributed by atoms with Gasteiger partial charge in [-0.05, 0) is 48.9 Å². The Morgan fingerprint density at radius 2 is 1.63 bits per heavy atom. The summed E-state index contributed by atoms with van der Waals surface area (Å²) in [5.74, 6) is -0.525.